The van der Waals surface area contributed by atoms with Gasteiger partial charge in [-0.2, -0.15) is 15.8 Å². The quantitative estimate of drug-likeness (QED) is 0.876. The van der Waals surface area contributed by atoms with Gasteiger partial charge in [0.05, 0.1) is 25.6 Å². The Bertz CT molecular complexity index is 651. The molecule has 2 heterocycles. The van der Waals surface area contributed by atoms with Gasteiger partial charge in [-0.25, -0.2) is 4.98 Å². The molecule has 0 radical (unpaired) electrons. The van der Waals surface area contributed by atoms with Crippen molar-refractivity contribution >= 4 is 11.6 Å². The summed E-state index contributed by atoms with van der Waals surface area (Å²) in [6.45, 7) is 1.70. The van der Waals surface area contributed by atoms with Crippen molar-refractivity contribution in [2.75, 3.05) is 23.7 Å². The van der Waals surface area contributed by atoms with Crippen LogP contribution < -0.4 is 15.6 Å². The Labute approximate surface area is 124 Å². The number of aromatic amines is 1. The summed E-state index contributed by atoms with van der Waals surface area (Å²) < 4.78 is 0. The lowest BCUT2D eigenvalue weighted by atomic mass is 10.0. The third kappa shape index (κ3) is 2.88. The monoisotopic (exact) mass is 281 g/mol. The first-order chi connectivity index (χ1) is 10.2. The fraction of sp³-hybridized carbons (Fsp3) is 0.467. The summed E-state index contributed by atoms with van der Waals surface area (Å²) in [5.41, 5.74) is 6.90. The number of aromatic nitrogens is 1. The predicted molar refractivity (Wildman–Crippen MR) is 76.8 cm³/mol. The van der Waals surface area contributed by atoms with Crippen LogP contribution in [-0.4, -0.2) is 13.1 Å². The number of hydrogen-bond acceptors (Lipinski definition) is 5. The van der Waals surface area contributed by atoms with Crippen LogP contribution in [-0.2, 0) is 6.42 Å². The molecule has 1 aromatic heterocycles. The first-order valence-electron chi connectivity index (χ1n) is 7.02. The third-order valence-corrected chi connectivity index (χ3v) is 3.76. The van der Waals surface area contributed by atoms with E-state index in [9.17, 15) is 10.5 Å². The predicted octanol–water partition coefficient (Wildman–Crippen LogP) is 1.27. The molecule has 2 rings (SSSR count). The summed E-state index contributed by atoms with van der Waals surface area (Å²) in [6, 6.07) is 6.14. The number of H-pyrrole nitrogens is 1. The molecule has 6 nitrogen and oxygen atoms in total. The van der Waals surface area contributed by atoms with Crippen LogP contribution in [0.25, 0.3) is 0 Å². The van der Waals surface area contributed by atoms with E-state index in [0.29, 0.717) is 16.9 Å². The van der Waals surface area contributed by atoms with E-state index < -0.39 is 0 Å². The molecule has 0 spiro atoms. The number of hydrogen-bond donors (Lipinski definition) is 1. The molecule has 0 atom stereocenters. The molecular formula is C15H17N6+. The van der Waals surface area contributed by atoms with Gasteiger partial charge in [0.25, 0.3) is 0 Å². The van der Waals surface area contributed by atoms with E-state index in [1.54, 1.807) is 0 Å². The van der Waals surface area contributed by atoms with Crippen molar-refractivity contribution in [2.24, 2.45) is 0 Å². The zero-order valence-electron chi connectivity index (χ0n) is 11.8. The van der Waals surface area contributed by atoms with E-state index in [1.165, 1.54) is 12.8 Å². The molecule has 1 fully saturated rings. The zero-order chi connectivity index (χ0) is 15.2. The van der Waals surface area contributed by atoms with Crippen molar-refractivity contribution in [1.82, 2.24) is 0 Å². The van der Waals surface area contributed by atoms with Crippen molar-refractivity contribution in [3.8, 4) is 18.2 Å². The van der Waals surface area contributed by atoms with E-state index in [2.05, 4.69) is 16.0 Å². The first kappa shape index (κ1) is 14.6. The molecule has 0 saturated carbocycles. The number of nitrogen functional groups attached to an aromatic ring is 1. The maximum Gasteiger partial charge on any atom is 0.240 e. The number of pyridine rings is 1. The molecule has 21 heavy (non-hydrogen) atoms. The topological polar surface area (TPSA) is 115 Å². The van der Waals surface area contributed by atoms with Crippen molar-refractivity contribution in [1.29, 1.82) is 15.8 Å². The van der Waals surface area contributed by atoms with Crippen LogP contribution in [0.5, 0.6) is 0 Å². The van der Waals surface area contributed by atoms with Gasteiger partial charge < -0.3 is 5.73 Å². The second kappa shape index (κ2) is 6.59. The maximum absolute atomic E-state index is 9.48. The Balaban J connectivity index is 2.58. The Morgan fingerprint density at radius 3 is 2.14 bits per heavy atom. The fourth-order valence-electron chi connectivity index (χ4n) is 2.72. The molecule has 1 aromatic rings. The number of nitrogens with one attached hydrogen (secondary N) is 1. The van der Waals surface area contributed by atoms with Crippen molar-refractivity contribution in [2.45, 2.75) is 32.1 Å². The molecule has 106 valence electrons. The molecule has 6 heteroatoms. The molecule has 3 N–H and O–H groups in total. The minimum absolute atomic E-state index is 0.00546. The molecule has 1 aliphatic rings. The first-order valence-corrected chi connectivity index (χ1v) is 7.02. The highest BCUT2D eigenvalue weighted by Crippen LogP contribution is 2.26. The van der Waals surface area contributed by atoms with Gasteiger partial charge in [0.1, 0.15) is 23.3 Å². The van der Waals surface area contributed by atoms with Gasteiger partial charge >= 0.3 is 0 Å². The molecule has 1 saturated heterocycles. The zero-order valence-corrected chi connectivity index (χ0v) is 11.8. The second-order valence-corrected chi connectivity index (χ2v) is 5.08. The van der Waals surface area contributed by atoms with Crippen LogP contribution >= 0.6 is 0 Å². The van der Waals surface area contributed by atoms with Gasteiger partial charge in [-0.3, -0.25) is 4.90 Å². The van der Waals surface area contributed by atoms with E-state index in [0.717, 1.165) is 25.9 Å². The molecule has 0 aromatic carbocycles. The smallest absolute Gasteiger partial charge is 0.240 e. The van der Waals surface area contributed by atoms with Crippen LogP contribution in [0.15, 0.2) is 0 Å². The van der Waals surface area contributed by atoms with Gasteiger partial charge in [-0.15, -0.1) is 0 Å². The van der Waals surface area contributed by atoms with Gasteiger partial charge in [0, 0.05) is 5.56 Å². The van der Waals surface area contributed by atoms with E-state index in [-0.39, 0.29) is 17.8 Å². The van der Waals surface area contributed by atoms with Crippen LogP contribution in [0.1, 0.15) is 42.4 Å². The third-order valence-electron chi connectivity index (χ3n) is 3.76. The molecular weight excluding hydrogens is 264 g/mol. The lowest BCUT2D eigenvalue weighted by Crippen LogP contribution is -2.33. The number of nitriles is 3. The average Bonchev–Trinajstić information content (AvgIpc) is 2.76. The summed E-state index contributed by atoms with van der Waals surface area (Å²) in [6.07, 6.45) is 4.48. The second-order valence-electron chi connectivity index (χ2n) is 5.08. The highest BCUT2D eigenvalue weighted by atomic mass is 15.2. The maximum atomic E-state index is 9.48. The summed E-state index contributed by atoms with van der Waals surface area (Å²) in [5, 5.41) is 27.7. The van der Waals surface area contributed by atoms with Crippen LogP contribution in [0.2, 0.25) is 0 Å². The van der Waals surface area contributed by atoms with E-state index in [1.807, 2.05) is 12.1 Å². The van der Waals surface area contributed by atoms with Gasteiger partial charge in [-0.1, -0.05) is 12.8 Å². The van der Waals surface area contributed by atoms with Gasteiger partial charge in [0.2, 0.25) is 11.6 Å². The summed E-state index contributed by atoms with van der Waals surface area (Å²) in [5.74, 6) is 0.863. The number of anilines is 2. The van der Waals surface area contributed by atoms with Crippen LogP contribution in [0.4, 0.5) is 11.6 Å². The lowest BCUT2D eigenvalue weighted by molar-refractivity contribution is -0.347. The number of nitrogens with two attached hydrogens (primary N) is 1. The molecule has 1 aliphatic heterocycles. The minimum atomic E-state index is 0.00546. The van der Waals surface area contributed by atoms with Gasteiger partial charge in [-0.05, 0) is 12.8 Å². The summed E-state index contributed by atoms with van der Waals surface area (Å²) in [7, 11) is 0. The number of rotatable bonds is 2. The Kier molecular flexibility index (Phi) is 4.59. The SMILES string of the molecule is N#CCc1c(C#N)c(N)[nH+]c(N2CCCCCC2)c1C#N. The Morgan fingerprint density at radius 1 is 1.00 bits per heavy atom. The normalized spacial score (nSPS) is 14.6. The molecule has 0 unspecified atom stereocenters. The lowest BCUT2D eigenvalue weighted by Gasteiger charge is -2.19. The molecule has 0 amide bonds. The standard InChI is InChI=1S/C15H16N6/c16-6-5-11-12(9-17)14(19)20-15(13(11)10-18)21-7-3-1-2-4-8-21/h1-5,7-8H2,(H2,19,20)/p+1. The number of nitrogens with zero attached hydrogens (tertiary/aromatic N) is 4. The highest BCUT2D eigenvalue weighted by Gasteiger charge is 2.26. The Morgan fingerprint density at radius 2 is 1.62 bits per heavy atom. The summed E-state index contributed by atoms with van der Waals surface area (Å²) in [4.78, 5) is 5.09. The largest absolute Gasteiger partial charge is 0.318 e. The highest BCUT2D eigenvalue weighted by molar-refractivity contribution is 5.64. The minimum Gasteiger partial charge on any atom is -0.318 e. The Hall–Kier alpha value is -2.78. The molecule has 0 aliphatic carbocycles. The van der Waals surface area contributed by atoms with Crippen molar-refractivity contribution in [3.05, 3.63) is 16.7 Å². The van der Waals surface area contributed by atoms with Crippen LogP contribution in [0.3, 0.4) is 0 Å². The van der Waals surface area contributed by atoms with E-state index in [4.69, 9.17) is 11.0 Å². The van der Waals surface area contributed by atoms with E-state index >= 15 is 0 Å². The van der Waals surface area contributed by atoms with Crippen molar-refractivity contribution < 1.29 is 4.98 Å². The molecule has 0 bridgehead atoms. The summed E-state index contributed by atoms with van der Waals surface area (Å²) >= 11 is 0. The van der Waals surface area contributed by atoms with Crippen LogP contribution in [0, 0.1) is 34.0 Å². The van der Waals surface area contributed by atoms with Crippen molar-refractivity contribution in [3.63, 3.8) is 0 Å². The average molecular weight is 281 g/mol. The van der Waals surface area contributed by atoms with Gasteiger partial charge in [0.15, 0.2) is 0 Å². The fourth-order valence-corrected chi connectivity index (χ4v) is 2.72.